The zero-order valence-corrected chi connectivity index (χ0v) is 34.7. The molecule has 3 aliphatic rings. The summed E-state index contributed by atoms with van der Waals surface area (Å²) in [6.07, 6.45) is 9.13. The highest BCUT2D eigenvalue weighted by Crippen LogP contribution is 2.49. The van der Waals surface area contributed by atoms with E-state index in [9.17, 15) is 22.6 Å². The van der Waals surface area contributed by atoms with Crippen molar-refractivity contribution < 1.29 is 27.1 Å². The van der Waals surface area contributed by atoms with E-state index in [-0.39, 0.29) is 35.1 Å². The van der Waals surface area contributed by atoms with Gasteiger partial charge >= 0.3 is 0 Å². The third-order valence-corrected chi connectivity index (χ3v) is 12.6. The normalized spacial score (nSPS) is 16.9. The molecule has 0 radical (unpaired) electrons. The van der Waals surface area contributed by atoms with Gasteiger partial charge in [-0.2, -0.15) is 13.0 Å². The highest BCUT2D eigenvalue weighted by Gasteiger charge is 2.43. The molecule has 0 aromatic heterocycles. The lowest BCUT2D eigenvalue weighted by Gasteiger charge is -2.27. The van der Waals surface area contributed by atoms with Crippen LogP contribution in [0.5, 0.6) is 0 Å². The number of nitrogens with zero attached hydrogens (tertiary/aromatic N) is 3. The van der Waals surface area contributed by atoms with Gasteiger partial charge in [0.25, 0.3) is 10.1 Å². The summed E-state index contributed by atoms with van der Waals surface area (Å²) in [4.78, 5) is 30.3. The van der Waals surface area contributed by atoms with E-state index in [1.165, 1.54) is 23.0 Å². The largest absolute Gasteiger partial charge is 0.356 e. The molecule has 0 fully saturated rings. The van der Waals surface area contributed by atoms with Crippen LogP contribution in [0.4, 0.5) is 17.1 Å². The number of benzene rings is 4. The number of para-hydroxylation sites is 2. The van der Waals surface area contributed by atoms with Gasteiger partial charge in [0, 0.05) is 71.6 Å². The van der Waals surface area contributed by atoms with E-state index in [1.54, 1.807) is 17.0 Å². The van der Waals surface area contributed by atoms with Gasteiger partial charge < -0.3 is 15.1 Å². The fourth-order valence-corrected chi connectivity index (χ4v) is 9.07. The number of anilines is 2. The fourth-order valence-electron chi connectivity index (χ4n) is 8.56. The molecule has 0 bridgehead atoms. The molecule has 7 rings (SSSR count). The molecule has 0 atom stereocenters. The Bertz CT molecular complexity index is 2560. The summed E-state index contributed by atoms with van der Waals surface area (Å²) in [5, 5.41) is 2.95. The number of hydrogen-bond acceptors (Lipinski definition) is 5. The number of nitrogens with one attached hydrogen (secondary N) is 1. The molecular weight excluding hydrogens is 745 g/mol. The van der Waals surface area contributed by atoms with Crippen LogP contribution >= 0.6 is 0 Å². The summed E-state index contributed by atoms with van der Waals surface area (Å²) >= 11 is 0. The Morgan fingerprint density at radius 3 is 2.31 bits per heavy atom. The van der Waals surface area contributed by atoms with Crippen molar-refractivity contribution in [1.82, 2.24) is 5.32 Å². The maximum atomic E-state index is 13.6. The average molecular weight is 796 g/mol. The Kier molecular flexibility index (Phi) is 11.3. The SMILES string of the molecule is C[N+]1=C(C=CC=C2N(CCCCCC(=O)NCCC(=O)N3Cc4ccccc4C#Cc4ccccc43)c3ccc(S(=O)(=O)O)cc3C2(C)C)C(C)(C)c2ccccc21. The predicted octanol–water partition coefficient (Wildman–Crippen LogP) is 8.19. The van der Waals surface area contributed by atoms with Crippen LogP contribution in [-0.2, 0) is 37.1 Å². The summed E-state index contributed by atoms with van der Waals surface area (Å²) in [5.41, 5.74) is 9.10. The fraction of sp³-hybridized carbons (Fsp3) is 0.312. The van der Waals surface area contributed by atoms with Gasteiger partial charge in [-0.15, -0.1) is 0 Å². The Morgan fingerprint density at radius 2 is 1.53 bits per heavy atom. The van der Waals surface area contributed by atoms with Crippen LogP contribution in [-0.4, -0.2) is 55.2 Å². The predicted molar refractivity (Wildman–Crippen MR) is 230 cm³/mol. The Labute approximate surface area is 342 Å². The lowest BCUT2D eigenvalue weighted by molar-refractivity contribution is -0.401. The van der Waals surface area contributed by atoms with Crippen LogP contribution in [0.3, 0.4) is 0 Å². The number of carbonyl (C=O) groups excluding carboxylic acids is 2. The second kappa shape index (κ2) is 16.2. The number of fused-ring (bicyclic) bond motifs is 4. The van der Waals surface area contributed by atoms with Crippen LogP contribution in [0, 0.1) is 11.8 Å². The van der Waals surface area contributed by atoms with Crippen molar-refractivity contribution in [3.8, 4) is 11.8 Å². The maximum Gasteiger partial charge on any atom is 0.294 e. The molecule has 0 unspecified atom stereocenters. The molecule has 4 aromatic carbocycles. The smallest absolute Gasteiger partial charge is 0.294 e. The Balaban J connectivity index is 0.973. The number of unbranched alkanes of at least 4 members (excludes halogenated alkanes) is 2. The van der Waals surface area contributed by atoms with E-state index in [2.05, 4.69) is 104 Å². The van der Waals surface area contributed by atoms with Gasteiger partial charge in [-0.1, -0.05) is 86.7 Å². The number of carbonyl (C=O) groups is 2. The minimum atomic E-state index is -4.38. The number of rotatable bonds is 12. The third-order valence-electron chi connectivity index (χ3n) is 11.7. The van der Waals surface area contributed by atoms with Crippen molar-refractivity contribution in [2.45, 2.75) is 82.1 Å². The third kappa shape index (κ3) is 8.02. The molecule has 0 aliphatic carbocycles. The monoisotopic (exact) mass is 795 g/mol. The van der Waals surface area contributed by atoms with Crippen LogP contribution in [0.15, 0.2) is 120 Å². The zero-order chi connectivity index (χ0) is 41.2. The molecule has 0 saturated carbocycles. The number of allylic oxidation sites excluding steroid dienone is 4. The average Bonchev–Trinajstić information content (AvgIpc) is 3.52. The second-order valence-electron chi connectivity index (χ2n) is 16.2. The van der Waals surface area contributed by atoms with E-state index >= 15 is 0 Å². The minimum Gasteiger partial charge on any atom is -0.356 e. The van der Waals surface area contributed by atoms with E-state index in [0.29, 0.717) is 25.9 Å². The van der Waals surface area contributed by atoms with Crippen molar-refractivity contribution >= 4 is 44.7 Å². The van der Waals surface area contributed by atoms with Crippen LogP contribution in [0.2, 0.25) is 0 Å². The molecule has 2 amide bonds. The van der Waals surface area contributed by atoms with Gasteiger partial charge in [0.1, 0.15) is 7.05 Å². The lowest BCUT2D eigenvalue weighted by atomic mass is 9.81. The van der Waals surface area contributed by atoms with Crippen LogP contribution in [0.1, 0.15) is 87.6 Å². The summed E-state index contributed by atoms with van der Waals surface area (Å²) in [6.45, 7) is 9.92. The highest BCUT2D eigenvalue weighted by atomic mass is 32.2. The van der Waals surface area contributed by atoms with Gasteiger partial charge in [0.15, 0.2) is 5.71 Å². The first kappa shape index (κ1) is 40.4. The number of hydrogen-bond donors (Lipinski definition) is 2. The molecule has 58 heavy (non-hydrogen) atoms. The van der Waals surface area contributed by atoms with Gasteiger partial charge in [0.05, 0.1) is 22.5 Å². The van der Waals surface area contributed by atoms with Gasteiger partial charge in [-0.3, -0.25) is 14.1 Å². The van der Waals surface area contributed by atoms with Crippen LogP contribution in [0.25, 0.3) is 0 Å². The summed E-state index contributed by atoms with van der Waals surface area (Å²) in [7, 11) is -2.29. The molecule has 9 nitrogen and oxygen atoms in total. The molecule has 3 aliphatic heterocycles. The highest BCUT2D eigenvalue weighted by molar-refractivity contribution is 7.85. The van der Waals surface area contributed by atoms with Gasteiger partial charge in [-0.05, 0) is 80.3 Å². The first-order chi connectivity index (χ1) is 27.7. The topological polar surface area (TPSA) is 110 Å². The summed E-state index contributed by atoms with van der Waals surface area (Å²) in [5.74, 6) is 6.29. The summed E-state index contributed by atoms with van der Waals surface area (Å²) < 4.78 is 36.4. The molecule has 0 spiro atoms. The first-order valence-electron chi connectivity index (χ1n) is 19.9. The molecule has 3 heterocycles. The van der Waals surface area contributed by atoms with Crippen molar-refractivity contribution in [2.24, 2.45) is 0 Å². The lowest BCUT2D eigenvalue weighted by Crippen LogP contribution is -2.35. The minimum absolute atomic E-state index is 0.0786. The first-order valence-corrected chi connectivity index (χ1v) is 21.4. The molecule has 298 valence electrons. The summed E-state index contributed by atoms with van der Waals surface area (Å²) in [6, 6.07) is 28.8. The van der Waals surface area contributed by atoms with E-state index < -0.39 is 15.5 Å². The van der Waals surface area contributed by atoms with Crippen molar-refractivity contribution in [2.75, 3.05) is 29.9 Å². The Hall–Kier alpha value is -5.76. The van der Waals surface area contributed by atoms with Gasteiger partial charge in [0.2, 0.25) is 17.5 Å². The molecule has 0 saturated heterocycles. The van der Waals surface area contributed by atoms with E-state index in [4.69, 9.17) is 0 Å². The zero-order valence-electron chi connectivity index (χ0n) is 33.9. The maximum absolute atomic E-state index is 13.6. The molecular formula is C48H51N4O5S+. The Morgan fingerprint density at radius 1 is 0.828 bits per heavy atom. The molecule has 10 heteroatoms. The van der Waals surface area contributed by atoms with Gasteiger partial charge in [-0.25, -0.2) is 0 Å². The van der Waals surface area contributed by atoms with Crippen LogP contribution < -0.4 is 15.1 Å². The van der Waals surface area contributed by atoms with E-state index in [0.717, 1.165) is 52.2 Å². The number of amides is 2. The second-order valence-corrected chi connectivity index (χ2v) is 17.7. The molecule has 2 N–H and O–H groups in total. The molecule has 4 aromatic rings. The van der Waals surface area contributed by atoms with E-state index in [1.807, 2.05) is 48.5 Å². The van der Waals surface area contributed by atoms with Crippen molar-refractivity contribution in [3.63, 3.8) is 0 Å². The quantitative estimate of drug-likeness (QED) is 0.0648. The standard InChI is InChI=1S/C48H50N4O5S/c1-47(2)38-19-11-13-21-41(38)50(5)43(47)22-15-23-44-48(3,4)39-32-37(58(55,56)57)27-28-42(39)51(44)31-14-6-7-24-45(53)49-30-29-46(54)52-33-36-18-9-8-16-34(36)25-26-35-17-10-12-20-40(35)52/h8-13,15-23,27-28,32H,6-7,14,24,29-31,33H2,1-5H3,(H-,49,53,55,56,57)/p+1. The van der Waals surface area contributed by atoms with Crippen molar-refractivity contribution in [3.05, 3.63) is 143 Å². The van der Waals surface area contributed by atoms with Crippen molar-refractivity contribution in [1.29, 1.82) is 0 Å².